The van der Waals surface area contributed by atoms with Gasteiger partial charge in [0.25, 0.3) is 0 Å². The lowest BCUT2D eigenvalue weighted by Crippen LogP contribution is -2.34. The number of likely N-dealkylation sites (N-methyl/N-ethyl adjacent to an activating group) is 1. The molecule has 0 bridgehead atoms. The second kappa shape index (κ2) is 6.32. The second-order valence-electron chi connectivity index (χ2n) is 5.30. The third-order valence-corrected chi connectivity index (χ3v) is 3.83. The van der Waals surface area contributed by atoms with Crippen LogP contribution in [0, 0.1) is 6.92 Å². The third-order valence-electron chi connectivity index (χ3n) is 3.83. The van der Waals surface area contributed by atoms with Crippen molar-refractivity contribution in [3.05, 3.63) is 35.4 Å². The molecule has 2 rings (SSSR count). The molecule has 1 unspecified atom stereocenters. The van der Waals surface area contributed by atoms with Crippen LogP contribution in [0.4, 0.5) is 0 Å². The molecular formula is C15H24N2O. The molecule has 1 saturated heterocycles. The topological polar surface area (TPSA) is 26.7 Å². The van der Waals surface area contributed by atoms with Gasteiger partial charge in [0.2, 0.25) is 0 Å². The van der Waals surface area contributed by atoms with Crippen LogP contribution in [0.1, 0.15) is 23.6 Å². The van der Waals surface area contributed by atoms with Gasteiger partial charge in [0.05, 0.1) is 12.6 Å². The maximum Gasteiger partial charge on any atom is 0.0628 e. The lowest BCUT2D eigenvalue weighted by molar-refractivity contribution is 0.127. The molecule has 0 radical (unpaired) electrons. The molecule has 3 nitrogen and oxygen atoms in total. The van der Waals surface area contributed by atoms with Crippen LogP contribution < -0.4 is 0 Å². The zero-order valence-corrected chi connectivity index (χ0v) is 11.5. The van der Waals surface area contributed by atoms with E-state index in [1.807, 2.05) is 0 Å². The fourth-order valence-electron chi connectivity index (χ4n) is 2.60. The molecule has 1 fully saturated rings. The normalized spacial score (nSPS) is 20.6. The molecule has 1 atom stereocenters. The summed E-state index contributed by atoms with van der Waals surface area (Å²) in [6.07, 6.45) is 1.18. The third kappa shape index (κ3) is 3.31. The highest BCUT2D eigenvalue weighted by Gasteiger charge is 2.21. The molecule has 0 aliphatic carbocycles. The summed E-state index contributed by atoms with van der Waals surface area (Å²) in [5.74, 6) is 0. The summed E-state index contributed by atoms with van der Waals surface area (Å²) in [6, 6.07) is 8.69. The van der Waals surface area contributed by atoms with E-state index in [9.17, 15) is 5.11 Å². The number of aliphatic hydroxyl groups is 1. The van der Waals surface area contributed by atoms with E-state index < -0.39 is 0 Å². The molecular weight excluding hydrogens is 224 g/mol. The standard InChI is InChI=1S/C15H24N2O/c1-13-4-6-14(7-5-13)15(12-18)17-9-3-8-16(2)10-11-17/h4-7,15,18H,3,8-12H2,1-2H3. The Morgan fingerprint density at radius 1 is 1.11 bits per heavy atom. The van der Waals surface area contributed by atoms with E-state index >= 15 is 0 Å². The Bertz CT molecular complexity index is 363. The van der Waals surface area contributed by atoms with E-state index in [0.717, 1.165) is 26.2 Å². The number of hydrogen-bond acceptors (Lipinski definition) is 3. The van der Waals surface area contributed by atoms with Crippen LogP contribution >= 0.6 is 0 Å². The van der Waals surface area contributed by atoms with Gasteiger partial charge < -0.3 is 10.0 Å². The van der Waals surface area contributed by atoms with Crippen molar-refractivity contribution in [1.29, 1.82) is 0 Å². The first-order valence-electron chi connectivity index (χ1n) is 6.80. The molecule has 1 heterocycles. The summed E-state index contributed by atoms with van der Waals surface area (Å²) in [5.41, 5.74) is 2.50. The Morgan fingerprint density at radius 3 is 2.50 bits per heavy atom. The first-order chi connectivity index (χ1) is 8.70. The van der Waals surface area contributed by atoms with Gasteiger partial charge in [0.1, 0.15) is 0 Å². The van der Waals surface area contributed by atoms with Gasteiger partial charge in [0, 0.05) is 19.6 Å². The fraction of sp³-hybridized carbons (Fsp3) is 0.600. The van der Waals surface area contributed by atoms with Crippen molar-refractivity contribution in [3.8, 4) is 0 Å². The van der Waals surface area contributed by atoms with Gasteiger partial charge in [-0.05, 0) is 32.5 Å². The van der Waals surface area contributed by atoms with Crippen molar-refractivity contribution in [3.63, 3.8) is 0 Å². The van der Waals surface area contributed by atoms with Gasteiger partial charge in [-0.3, -0.25) is 4.90 Å². The summed E-state index contributed by atoms with van der Waals surface area (Å²) in [5, 5.41) is 9.70. The highest BCUT2D eigenvalue weighted by Crippen LogP contribution is 2.22. The van der Waals surface area contributed by atoms with Crippen LogP contribution in [0.15, 0.2) is 24.3 Å². The highest BCUT2D eigenvalue weighted by atomic mass is 16.3. The molecule has 1 aliphatic rings. The Hall–Kier alpha value is -0.900. The van der Waals surface area contributed by atoms with Crippen LogP contribution in [0.25, 0.3) is 0 Å². The summed E-state index contributed by atoms with van der Waals surface area (Å²) < 4.78 is 0. The van der Waals surface area contributed by atoms with Crippen molar-refractivity contribution in [2.24, 2.45) is 0 Å². The van der Waals surface area contributed by atoms with E-state index in [4.69, 9.17) is 0 Å². The van der Waals surface area contributed by atoms with Gasteiger partial charge in [-0.15, -0.1) is 0 Å². The molecule has 18 heavy (non-hydrogen) atoms. The molecule has 0 saturated carbocycles. The van der Waals surface area contributed by atoms with Crippen LogP contribution in [-0.2, 0) is 0 Å². The monoisotopic (exact) mass is 248 g/mol. The highest BCUT2D eigenvalue weighted by molar-refractivity contribution is 5.24. The van der Waals surface area contributed by atoms with Gasteiger partial charge in [-0.25, -0.2) is 0 Å². The van der Waals surface area contributed by atoms with Crippen LogP contribution in [0.3, 0.4) is 0 Å². The van der Waals surface area contributed by atoms with Crippen LogP contribution in [0.5, 0.6) is 0 Å². The maximum atomic E-state index is 9.70. The smallest absolute Gasteiger partial charge is 0.0628 e. The van der Waals surface area contributed by atoms with Crippen molar-refractivity contribution >= 4 is 0 Å². The largest absolute Gasteiger partial charge is 0.394 e. The maximum absolute atomic E-state index is 9.70. The number of rotatable bonds is 3. The van der Waals surface area contributed by atoms with Crippen molar-refractivity contribution < 1.29 is 5.11 Å². The first kappa shape index (κ1) is 13.5. The van der Waals surface area contributed by atoms with E-state index in [1.165, 1.54) is 17.5 Å². The lowest BCUT2D eigenvalue weighted by Gasteiger charge is -2.29. The molecule has 0 amide bonds. The molecule has 0 aromatic heterocycles. The zero-order valence-electron chi connectivity index (χ0n) is 11.5. The van der Waals surface area contributed by atoms with E-state index in [1.54, 1.807) is 0 Å². The van der Waals surface area contributed by atoms with E-state index in [-0.39, 0.29) is 12.6 Å². The summed E-state index contributed by atoms with van der Waals surface area (Å²) in [4.78, 5) is 4.78. The van der Waals surface area contributed by atoms with Crippen molar-refractivity contribution in [2.45, 2.75) is 19.4 Å². The Kier molecular flexibility index (Phi) is 4.75. The van der Waals surface area contributed by atoms with E-state index in [0.29, 0.717) is 0 Å². The van der Waals surface area contributed by atoms with Crippen molar-refractivity contribution in [1.82, 2.24) is 9.80 Å². The van der Waals surface area contributed by atoms with Crippen LogP contribution in [0.2, 0.25) is 0 Å². The zero-order chi connectivity index (χ0) is 13.0. The summed E-state index contributed by atoms with van der Waals surface area (Å²) in [6.45, 7) is 6.65. The summed E-state index contributed by atoms with van der Waals surface area (Å²) >= 11 is 0. The number of nitrogens with zero attached hydrogens (tertiary/aromatic N) is 2. The van der Waals surface area contributed by atoms with Gasteiger partial charge in [-0.2, -0.15) is 0 Å². The molecule has 0 spiro atoms. The Morgan fingerprint density at radius 2 is 1.83 bits per heavy atom. The number of benzene rings is 1. The minimum absolute atomic E-state index is 0.150. The molecule has 1 aromatic carbocycles. The number of aryl methyl sites for hydroxylation is 1. The number of hydrogen-bond donors (Lipinski definition) is 1. The average Bonchev–Trinajstić information content (AvgIpc) is 2.58. The fourth-order valence-corrected chi connectivity index (χ4v) is 2.60. The summed E-state index contributed by atoms with van der Waals surface area (Å²) in [7, 11) is 2.17. The lowest BCUT2D eigenvalue weighted by atomic mass is 10.0. The quantitative estimate of drug-likeness (QED) is 0.881. The predicted octanol–water partition coefficient (Wildman–Crippen LogP) is 1.67. The van der Waals surface area contributed by atoms with Gasteiger partial charge in [0.15, 0.2) is 0 Å². The molecule has 1 aliphatic heterocycles. The molecule has 1 aromatic rings. The number of aliphatic hydroxyl groups excluding tert-OH is 1. The molecule has 3 heteroatoms. The minimum Gasteiger partial charge on any atom is -0.394 e. The van der Waals surface area contributed by atoms with Gasteiger partial charge >= 0.3 is 0 Å². The Balaban J connectivity index is 2.09. The molecule has 1 N–H and O–H groups in total. The Labute approximate surface area is 110 Å². The SMILES string of the molecule is Cc1ccc(C(CO)N2CCCN(C)CC2)cc1. The van der Waals surface area contributed by atoms with Crippen LogP contribution in [-0.4, -0.2) is 54.7 Å². The first-order valence-corrected chi connectivity index (χ1v) is 6.80. The minimum atomic E-state index is 0.150. The second-order valence-corrected chi connectivity index (χ2v) is 5.30. The average molecular weight is 248 g/mol. The van der Waals surface area contributed by atoms with Gasteiger partial charge in [-0.1, -0.05) is 29.8 Å². The van der Waals surface area contributed by atoms with Crippen molar-refractivity contribution in [2.75, 3.05) is 39.8 Å². The predicted molar refractivity (Wildman–Crippen MR) is 74.7 cm³/mol. The van der Waals surface area contributed by atoms with E-state index in [2.05, 4.69) is 48.0 Å². The molecule has 100 valence electrons.